The summed E-state index contributed by atoms with van der Waals surface area (Å²) in [6.07, 6.45) is 3.55. The number of carboxylic acid groups (broad SMARTS) is 1. The van der Waals surface area contributed by atoms with Crippen LogP contribution in [-0.2, 0) is 0 Å². The van der Waals surface area contributed by atoms with Gasteiger partial charge in [-0.25, -0.2) is 9.59 Å². The lowest BCUT2D eigenvalue weighted by Crippen LogP contribution is -2.30. The highest BCUT2D eigenvalue weighted by Crippen LogP contribution is 2.31. The smallest absolute Gasteiger partial charge is 0.336 e. The standard InChI is InChI=1S/C14H18N2O3/c1-9-11(13(17)18)3-2-4-12(9)16-14(19)15-8-7-10-5-6-10/h2-4,10H,5-8H2,1H3,(H,17,18)(H2,15,16,19). The van der Waals surface area contributed by atoms with Gasteiger partial charge in [0.15, 0.2) is 0 Å². The second kappa shape index (κ2) is 5.73. The summed E-state index contributed by atoms with van der Waals surface area (Å²) < 4.78 is 0. The minimum atomic E-state index is -0.990. The van der Waals surface area contributed by atoms with Gasteiger partial charge in [0, 0.05) is 12.2 Å². The van der Waals surface area contributed by atoms with Crippen molar-refractivity contribution < 1.29 is 14.7 Å². The van der Waals surface area contributed by atoms with E-state index in [0.29, 0.717) is 17.8 Å². The predicted octanol–water partition coefficient (Wildman–Crippen LogP) is 2.61. The van der Waals surface area contributed by atoms with Gasteiger partial charge in [-0.15, -0.1) is 0 Å². The Kier molecular flexibility index (Phi) is 4.04. The van der Waals surface area contributed by atoms with E-state index < -0.39 is 5.97 Å². The molecule has 0 bridgehead atoms. The van der Waals surface area contributed by atoms with E-state index in [1.54, 1.807) is 19.1 Å². The van der Waals surface area contributed by atoms with Crippen molar-refractivity contribution in [2.75, 3.05) is 11.9 Å². The van der Waals surface area contributed by atoms with Crippen molar-refractivity contribution in [3.8, 4) is 0 Å². The van der Waals surface area contributed by atoms with Gasteiger partial charge in [-0.3, -0.25) is 0 Å². The summed E-state index contributed by atoms with van der Waals surface area (Å²) in [5.74, 6) is -0.215. The van der Waals surface area contributed by atoms with Crippen LogP contribution in [-0.4, -0.2) is 23.7 Å². The number of benzene rings is 1. The third-order valence-corrected chi connectivity index (χ3v) is 3.35. The molecule has 3 N–H and O–H groups in total. The highest BCUT2D eigenvalue weighted by Gasteiger charge is 2.20. The van der Waals surface area contributed by atoms with Gasteiger partial charge < -0.3 is 15.7 Å². The minimum absolute atomic E-state index is 0.204. The normalized spacial score (nSPS) is 13.9. The van der Waals surface area contributed by atoms with Crippen molar-refractivity contribution in [1.29, 1.82) is 0 Å². The van der Waals surface area contributed by atoms with E-state index in [9.17, 15) is 9.59 Å². The molecule has 0 unspecified atom stereocenters. The van der Waals surface area contributed by atoms with Crippen LogP contribution in [0.5, 0.6) is 0 Å². The number of hydrogen-bond donors (Lipinski definition) is 3. The summed E-state index contributed by atoms with van der Waals surface area (Å²) in [4.78, 5) is 22.7. The minimum Gasteiger partial charge on any atom is -0.478 e. The lowest BCUT2D eigenvalue weighted by atomic mass is 10.1. The molecule has 1 saturated carbocycles. The molecule has 0 heterocycles. The molecule has 1 aliphatic carbocycles. The second-order valence-electron chi connectivity index (χ2n) is 4.90. The molecular formula is C14H18N2O3. The van der Waals surface area contributed by atoms with Crippen LogP contribution in [0, 0.1) is 12.8 Å². The number of amides is 2. The number of carbonyl (C=O) groups excluding carboxylic acids is 1. The Morgan fingerprint density at radius 3 is 2.74 bits per heavy atom. The van der Waals surface area contributed by atoms with E-state index >= 15 is 0 Å². The molecule has 0 aromatic heterocycles. The van der Waals surface area contributed by atoms with Gasteiger partial charge in [0.1, 0.15) is 0 Å². The number of rotatable bonds is 5. The molecular weight excluding hydrogens is 244 g/mol. The summed E-state index contributed by atoms with van der Waals surface area (Å²) >= 11 is 0. The molecule has 1 aromatic rings. The Bertz CT molecular complexity index is 495. The maximum absolute atomic E-state index is 11.7. The highest BCUT2D eigenvalue weighted by molar-refractivity contribution is 5.95. The van der Waals surface area contributed by atoms with Crippen LogP contribution in [0.2, 0.25) is 0 Å². The predicted molar refractivity (Wildman–Crippen MR) is 72.5 cm³/mol. The maximum Gasteiger partial charge on any atom is 0.336 e. The summed E-state index contributed by atoms with van der Waals surface area (Å²) in [6, 6.07) is 4.55. The molecule has 2 amide bonds. The number of aromatic carboxylic acids is 1. The maximum atomic E-state index is 11.7. The quantitative estimate of drug-likeness (QED) is 0.763. The van der Waals surface area contributed by atoms with Gasteiger partial charge in [-0.05, 0) is 37.0 Å². The van der Waals surface area contributed by atoms with E-state index in [4.69, 9.17) is 5.11 Å². The Hall–Kier alpha value is -2.04. The first-order valence-corrected chi connectivity index (χ1v) is 6.45. The molecule has 0 aliphatic heterocycles. The van der Waals surface area contributed by atoms with Crippen molar-refractivity contribution in [1.82, 2.24) is 5.32 Å². The fourth-order valence-electron chi connectivity index (χ4n) is 1.97. The second-order valence-corrected chi connectivity index (χ2v) is 4.90. The molecule has 2 rings (SSSR count). The van der Waals surface area contributed by atoms with Crippen LogP contribution in [0.1, 0.15) is 35.2 Å². The molecule has 0 saturated heterocycles. The molecule has 1 aliphatic rings. The van der Waals surface area contributed by atoms with Crippen molar-refractivity contribution in [2.45, 2.75) is 26.2 Å². The van der Waals surface area contributed by atoms with Crippen molar-refractivity contribution >= 4 is 17.7 Å². The van der Waals surface area contributed by atoms with Gasteiger partial charge in [0.25, 0.3) is 0 Å². The van der Waals surface area contributed by atoms with Gasteiger partial charge in [0.2, 0.25) is 0 Å². The summed E-state index contributed by atoms with van der Waals surface area (Å²) in [5, 5.41) is 14.5. The fraction of sp³-hybridized carbons (Fsp3) is 0.429. The molecule has 0 radical (unpaired) electrons. The zero-order valence-corrected chi connectivity index (χ0v) is 10.9. The Morgan fingerprint density at radius 2 is 2.11 bits per heavy atom. The topological polar surface area (TPSA) is 78.4 Å². The number of carbonyl (C=O) groups is 2. The molecule has 1 fully saturated rings. The van der Waals surface area contributed by atoms with E-state index in [1.165, 1.54) is 18.9 Å². The van der Waals surface area contributed by atoms with Gasteiger partial charge in [0.05, 0.1) is 5.56 Å². The molecule has 5 nitrogen and oxygen atoms in total. The summed E-state index contributed by atoms with van der Waals surface area (Å²) in [6.45, 7) is 2.34. The molecule has 19 heavy (non-hydrogen) atoms. The lowest BCUT2D eigenvalue weighted by molar-refractivity contribution is 0.0696. The number of hydrogen-bond acceptors (Lipinski definition) is 2. The van der Waals surface area contributed by atoms with Crippen molar-refractivity contribution in [2.24, 2.45) is 5.92 Å². The largest absolute Gasteiger partial charge is 0.478 e. The first-order chi connectivity index (χ1) is 9.08. The monoisotopic (exact) mass is 262 g/mol. The van der Waals surface area contributed by atoms with Crippen LogP contribution in [0.15, 0.2) is 18.2 Å². The Morgan fingerprint density at radius 1 is 1.37 bits per heavy atom. The molecule has 0 atom stereocenters. The van der Waals surface area contributed by atoms with Crippen molar-refractivity contribution in [3.63, 3.8) is 0 Å². The summed E-state index contributed by atoms with van der Waals surface area (Å²) in [5.41, 5.74) is 1.30. The molecule has 1 aromatic carbocycles. The van der Waals surface area contributed by atoms with E-state index in [0.717, 1.165) is 12.3 Å². The zero-order valence-electron chi connectivity index (χ0n) is 10.9. The van der Waals surface area contributed by atoms with E-state index in [1.807, 2.05) is 0 Å². The van der Waals surface area contributed by atoms with Crippen LogP contribution < -0.4 is 10.6 Å². The lowest BCUT2D eigenvalue weighted by Gasteiger charge is -2.11. The van der Waals surface area contributed by atoms with Gasteiger partial charge >= 0.3 is 12.0 Å². The zero-order chi connectivity index (χ0) is 13.8. The number of carboxylic acids is 1. The average molecular weight is 262 g/mol. The SMILES string of the molecule is Cc1c(NC(=O)NCCC2CC2)cccc1C(=O)O. The fourth-order valence-corrected chi connectivity index (χ4v) is 1.97. The van der Waals surface area contributed by atoms with Crippen LogP contribution >= 0.6 is 0 Å². The molecule has 5 heteroatoms. The third kappa shape index (κ3) is 3.71. The van der Waals surface area contributed by atoms with Crippen molar-refractivity contribution in [3.05, 3.63) is 29.3 Å². The van der Waals surface area contributed by atoms with E-state index in [2.05, 4.69) is 10.6 Å². The Balaban J connectivity index is 1.91. The Labute approximate surface area is 112 Å². The third-order valence-electron chi connectivity index (χ3n) is 3.35. The molecule has 102 valence electrons. The van der Waals surface area contributed by atoms with E-state index in [-0.39, 0.29) is 11.6 Å². The number of nitrogens with one attached hydrogen (secondary N) is 2. The van der Waals surface area contributed by atoms with Crippen LogP contribution in [0.3, 0.4) is 0 Å². The van der Waals surface area contributed by atoms with Gasteiger partial charge in [-0.1, -0.05) is 18.9 Å². The number of anilines is 1. The average Bonchev–Trinajstić information content (AvgIpc) is 3.15. The van der Waals surface area contributed by atoms with Crippen LogP contribution in [0.4, 0.5) is 10.5 Å². The molecule has 0 spiro atoms. The van der Waals surface area contributed by atoms with Gasteiger partial charge in [-0.2, -0.15) is 0 Å². The summed E-state index contributed by atoms with van der Waals surface area (Å²) in [7, 11) is 0. The first-order valence-electron chi connectivity index (χ1n) is 6.45. The highest BCUT2D eigenvalue weighted by atomic mass is 16.4. The first kappa shape index (κ1) is 13.4. The number of urea groups is 1. The van der Waals surface area contributed by atoms with Crippen LogP contribution in [0.25, 0.3) is 0 Å².